The third kappa shape index (κ3) is 2.52. The second-order valence-corrected chi connectivity index (χ2v) is 5.75. The van der Waals surface area contributed by atoms with E-state index < -0.39 is 0 Å². The van der Waals surface area contributed by atoms with Crippen molar-refractivity contribution >= 4 is 11.3 Å². The van der Waals surface area contributed by atoms with Crippen molar-refractivity contribution in [2.45, 2.75) is 32.1 Å². The minimum absolute atomic E-state index is 0.315. The lowest BCUT2D eigenvalue weighted by molar-refractivity contribution is -0.190. The van der Waals surface area contributed by atoms with Crippen LogP contribution in [0.3, 0.4) is 0 Å². The molecule has 17 heavy (non-hydrogen) atoms. The van der Waals surface area contributed by atoms with Crippen LogP contribution in [0, 0.1) is 6.92 Å². The summed E-state index contributed by atoms with van der Waals surface area (Å²) >= 11 is 1.74. The molecule has 2 fully saturated rings. The summed E-state index contributed by atoms with van der Waals surface area (Å²) in [5, 5.41) is 3.30. The average Bonchev–Trinajstić information content (AvgIpc) is 2.89. The Bertz CT molecular complexity index is 388. The van der Waals surface area contributed by atoms with Crippen LogP contribution < -0.4 is 0 Å². The molecule has 0 aromatic carbocycles. The molecule has 3 heterocycles. The Kier molecular flexibility index (Phi) is 3.17. The lowest BCUT2D eigenvalue weighted by Gasteiger charge is -2.38. The molecule has 0 saturated carbocycles. The van der Waals surface area contributed by atoms with E-state index in [1.807, 2.05) is 6.92 Å². The summed E-state index contributed by atoms with van der Waals surface area (Å²) in [6.07, 6.45) is 2.17. The second-order valence-electron chi connectivity index (χ2n) is 4.80. The number of piperidine rings is 1. The van der Waals surface area contributed by atoms with E-state index in [0.717, 1.165) is 51.4 Å². The summed E-state index contributed by atoms with van der Waals surface area (Å²) < 4.78 is 11.5. The number of nitrogens with zero attached hydrogens (tertiary/aromatic N) is 2. The van der Waals surface area contributed by atoms with E-state index in [4.69, 9.17) is 9.47 Å². The van der Waals surface area contributed by atoms with Gasteiger partial charge in [-0.15, -0.1) is 11.3 Å². The first-order valence-electron chi connectivity index (χ1n) is 6.17. The minimum Gasteiger partial charge on any atom is -0.346 e. The molecule has 2 aliphatic rings. The van der Waals surface area contributed by atoms with E-state index in [1.54, 1.807) is 11.3 Å². The monoisotopic (exact) mass is 254 g/mol. The van der Waals surface area contributed by atoms with Crippen molar-refractivity contribution in [1.82, 2.24) is 9.88 Å². The topological polar surface area (TPSA) is 34.6 Å². The molecule has 0 bridgehead atoms. The molecule has 0 amide bonds. The largest absolute Gasteiger partial charge is 0.346 e. The van der Waals surface area contributed by atoms with E-state index in [1.165, 1.54) is 5.01 Å². The van der Waals surface area contributed by atoms with Crippen LogP contribution in [-0.4, -0.2) is 42.0 Å². The molecule has 3 rings (SSSR count). The third-order valence-electron chi connectivity index (χ3n) is 3.34. The van der Waals surface area contributed by atoms with Crippen molar-refractivity contribution in [2.75, 3.05) is 26.3 Å². The molecule has 5 heteroatoms. The van der Waals surface area contributed by atoms with Crippen LogP contribution in [0.4, 0.5) is 0 Å². The number of rotatable bonds is 2. The van der Waals surface area contributed by atoms with Crippen LogP contribution in [0.5, 0.6) is 0 Å². The highest BCUT2D eigenvalue weighted by molar-refractivity contribution is 7.09. The number of thiazole rings is 1. The molecular weight excluding hydrogens is 236 g/mol. The number of ether oxygens (including phenoxy) is 2. The molecule has 1 aromatic rings. The summed E-state index contributed by atoms with van der Waals surface area (Å²) in [6, 6.07) is 0. The van der Waals surface area contributed by atoms with Gasteiger partial charge in [-0.3, -0.25) is 4.90 Å². The van der Waals surface area contributed by atoms with Crippen LogP contribution in [0.15, 0.2) is 5.38 Å². The number of likely N-dealkylation sites (tertiary alicyclic amines) is 1. The predicted molar refractivity (Wildman–Crippen MR) is 66.0 cm³/mol. The number of hydrogen-bond donors (Lipinski definition) is 0. The van der Waals surface area contributed by atoms with Crippen molar-refractivity contribution in [2.24, 2.45) is 0 Å². The molecule has 2 aliphatic heterocycles. The van der Waals surface area contributed by atoms with Gasteiger partial charge in [-0.2, -0.15) is 0 Å². The van der Waals surface area contributed by atoms with Gasteiger partial charge in [-0.05, 0) is 19.9 Å². The van der Waals surface area contributed by atoms with E-state index in [-0.39, 0.29) is 5.79 Å². The van der Waals surface area contributed by atoms with Crippen LogP contribution in [0.25, 0.3) is 0 Å². The lowest BCUT2D eigenvalue weighted by atomic mass is 10.0. The van der Waals surface area contributed by atoms with Gasteiger partial charge >= 0.3 is 0 Å². The van der Waals surface area contributed by atoms with E-state index in [0.29, 0.717) is 0 Å². The first-order valence-corrected chi connectivity index (χ1v) is 7.05. The van der Waals surface area contributed by atoms with Crippen LogP contribution in [-0.2, 0) is 16.0 Å². The molecule has 0 aliphatic carbocycles. The standard InChI is InChI=1S/C12H18N2O2S/c1-10-8-17-11(13-10)7-14-4-2-3-12(9-14)15-5-6-16-12/h8H,2-7,9H2,1H3. The summed E-state index contributed by atoms with van der Waals surface area (Å²) in [7, 11) is 0. The zero-order valence-corrected chi connectivity index (χ0v) is 11.0. The molecule has 4 nitrogen and oxygen atoms in total. The number of aryl methyl sites for hydroxylation is 1. The average molecular weight is 254 g/mol. The number of hydrogen-bond acceptors (Lipinski definition) is 5. The molecule has 0 unspecified atom stereocenters. The summed E-state index contributed by atoms with van der Waals surface area (Å²) in [6.45, 7) is 6.45. The molecule has 1 spiro atoms. The highest BCUT2D eigenvalue weighted by atomic mass is 32.1. The van der Waals surface area contributed by atoms with Gasteiger partial charge < -0.3 is 9.47 Å². The van der Waals surface area contributed by atoms with Gasteiger partial charge in [0.25, 0.3) is 0 Å². The van der Waals surface area contributed by atoms with E-state index in [2.05, 4.69) is 15.3 Å². The van der Waals surface area contributed by atoms with Crippen molar-refractivity contribution in [1.29, 1.82) is 0 Å². The highest BCUT2D eigenvalue weighted by Crippen LogP contribution is 2.30. The molecule has 0 radical (unpaired) electrons. The third-order valence-corrected chi connectivity index (χ3v) is 4.29. The molecule has 2 saturated heterocycles. The summed E-state index contributed by atoms with van der Waals surface area (Å²) in [4.78, 5) is 6.91. The minimum atomic E-state index is -0.315. The van der Waals surface area contributed by atoms with Gasteiger partial charge in [0.15, 0.2) is 5.79 Å². The molecule has 0 N–H and O–H groups in total. The zero-order valence-electron chi connectivity index (χ0n) is 10.1. The van der Waals surface area contributed by atoms with Gasteiger partial charge in [0, 0.05) is 17.5 Å². The van der Waals surface area contributed by atoms with Gasteiger partial charge in [0.05, 0.1) is 26.3 Å². The Balaban J connectivity index is 1.64. The second kappa shape index (κ2) is 4.65. The van der Waals surface area contributed by atoms with Crippen LogP contribution in [0.2, 0.25) is 0 Å². The normalized spacial score (nSPS) is 24.5. The fourth-order valence-electron chi connectivity index (χ4n) is 2.61. The zero-order chi connectivity index (χ0) is 11.7. The Hall–Kier alpha value is -0.490. The highest BCUT2D eigenvalue weighted by Gasteiger charge is 2.40. The Morgan fingerprint density at radius 1 is 1.47 bits per heavy atom. The van der Waals surface area contributed by atoms with E-state index in [9.17, 15) is 0 Å². The maximum Gasteiger partial charge on any atom is 0.181 e. The first-order chi connectivity index (χ1) is 8.26. The lowest BCUT2D eigenvalue weighted by Crippen LogP contribution is -2.48. The van der Waals surface area contributed by atoms with Crippen LogP contribution in [0.1, 0.15) is 23.5 Å². The summed E-state index contributed by atoms with van der Waals surface area (Å²) in [5.41, 5.74) is 1.12. The van der Waals surface area contributed by atoms with Gasteiger partial charge in [-0.1, -0.05) is 0 Å². The van der Waals surface area contributed by atoms with E-state index >= 15 is 0 Å². The van der Waals surface area contributed by atoms with Crippen molar-refractivity contribution in [3.63, 3.8) is 0 Å². The van der Waals surface area contributed by atoms with Crippen molar-refractivity contribution < 1.29 is 9.47 Å². The van der Waals surface area contributed by atoms with Gasteiger partial charge in [0.1, 0.15) is 5.01 Å². The SMILES string of the molecule is Cc1csc(CN2CCCC3(C2)OCCO3)n1. The van der Waals surface area contributed by atoms with Crippen LogP contribution >= 0.6 is 11.3 Å². The molecule has 1 aromatic heterocycles. The first kappa shape index (κ1) is 11.6. The van der Waals surface area contributed by atoms with Gasteiger partial charge in [-0.25, -0.2) is 4.98 Å². The number of aromatic nitrogens is 1. The Morgan fingerprint density at radius 3 is 3.00 bits per heavy atom. The fourth-order valence-corrected chi connectivity index (χ4v) is 3.42. The van der Waals surface area contributed by atoms with Crippen molar-refractivity contribution in [3.8, 4) is 0 Å². The smallest absolute Gasteiger partial charge is 0.181 e. The Morgan fingerprint density at radius 2 is 2.29 bits per heavy atom. The Labute approximate surface area is 106 Å². The maximum atomic E-state index is 5.77. The summed E-state index contributed by atoms with van der Waals surface area (Å²) in [5.74, 6) is -0.315. The van der Waals surface area contributed by atoms with Gasteiger partial charge in [0.2, 0.25) is 0 Å². The molecule has 0 atom stereocenters. The molecule has 94 valence electrons. The fraction of sp³-hybridized carbons (Fsp3) is 0.750. The predicted octanol–water partition coefficient (Wildman–Crippen LogP) is 1.79. The van der Waals surface area contributed by atoms with Crippen molar-refractivity contribution in [3.05, 3.63) is 16.1 Å². The molecular formula is C12H18N2O2S. The maximum absolute atomic E-state index is 5.77. The quantitative estimate of drug-likeness (QED) is 0.806.